The number of aliphatic hydroxyl groups excluding tert-OH is 1. The first-order chi connectivity index (χ1) is 12.3. The van der Waals surface area contributed by atoms with Crippen LogP contribution in [0, 0.1) is 0 Å². The summed E-state index contributed by atoms with van der Waals surface area (Å²) in [5, 5.41) is 20.2. The van der Waals surface area contributed by atoms with Gasteiger partial charge < -0.3 is 19.7 Å². The second-order valence-electron chi connectivity index (χ2n) is 5.97. The molecule has 2 atom stereocenters. The summed E-state index contributed by atoms with van der Waals surface area (Å²) in [6.45, 7) is 1.70. The number of phenols is 1. The Hall–Kier alpha value is -1.87. The number of aromatic hydroxyl groups is 1. The van der Waals surface area contributed by atoms with Crippen molar-refractivity contribution in [2.45, 2.75) is 38.4 Å². The van der Waals surface area contributed by atoms with Crippen molar-refractivity contribution in [1.82, 2.24) is 0 Å². The van der Waals surface area contributed by atoms with Gasteiger partial charge in [0.1, 0.15) is 29.3 Å². The Morgan fingerprint density at radius 2 is 2.04 bits per heavy atom. The number of aliphatic hydroxyl groups is 1. The number of cyclic esters (lactones) is 1. The topological polar surface area (TPSA) is 93.1 Å². The van der Waals surface area contributed by atoms with Gasteiger partial charge in [0.05, 0.1) is 10.7 Å². The van der Waals surface area contributed by atoms with Gasteiger partial charge in [0, 0.05) is 12.5 Å². The molecular formula is C19H21IO6. The average Bonchev–Trinajstić information content (AvgIpc) is 2.60. The van der Waals surface area contributed by atoms with Crippen LogP contribution in [0.1, 0.15) is 42.1 Å². The zero-order valence-electron chi connectivity index (χ0n) is 14.6. The van der Waals surface area contributed by atoms with Gasteiger partial charge in [-0.2, -0.15) is 0 Å². The molecule has 0 fully saturated rings. The van der Waals surface area contributed by atoms with Crippen LogP contribution in [-0.4, -0.2) is 41.3 Å². The van der Waals surface area contributed by atoms with Crippen LogP contribution in [0.25, 0.3) is 6.08 Å². The molecule has 0 aliphatic carbocycles. The number of carbonyl (C=O) groups is 2. The number of Topliss-reactive ketones (excluding diaryl/α,β-unsaturated/α-hetero) is 1. The van der Waals surface area contributed by atoms with E-state index in [2.05, 4.69) is 0 Å². The summed E-state index contributed by atoms with van der Waals surface area (Å²) in [6, 6.07) is 2.97. The summed E-state index contributed by atoms with van der Waals surface area (Å²) >= 11 is 1.88. The highest BCUT2D eigenvalue weighted by molar-refractivity contribution is 14.1. The molecule has 1 aliphatic heterocycles. The van der Waals surface area contributed by atoms with Gasteiger partial charge in [-0.1, -0.05) is 18.2 Å². The second-order valence-corrected chi connectivity index (χ2v) is 7.14. The fourth-order valence-corrected chi connectivity index (χ4v) is 3.12. The van der Waals surface area contributed by atoms with Crippen molar-refractivity contribution < 1.29 is 29.3 Å². The Morgan fingerprint density at radius 3 is 2.73 bits per heavy atom. The number of hydrogen-bond acceptors (Lipinski definition) is 6. The molecule has 1 aromatic carbocycles. The van der Waals surface area contributed by atoms with Crippen LogP contribution >= 0.6 is 22.6 Å². The second kappa shape index (κ2) is 9.18. The number of benzene rings is 1. The molecule has 2 N–H and O–H groups in total. The Morgan fingerprint density at radius 1 is 1.31 bits per heavy atom. The molecule has 6 nitrogen and oxygen atoms in total. The SMILES string of the molecule is COc1cc(O)c2c(c1)/C=C/CC[C@H](O)C(=O)/C(I)=C\C[C@H](C)OC2=O. The van der Waals surface area contributed by atoms with Gasteiger partial charge in [0.15, 0.2) is 5.78 Å². The third-order valence-electron chi connectivity index (χ3n) is 3.94. The fourth-order valence-electron chi connectivity index (χ4n) is 2.51. The highest BCUT2D eigenvalue weighted by atomic mass is 127. The molecule has 1 aliphatic rings. The van der Waals surface area contributed by atoms with Crippen molar-refractivity contribution in [3.05, 3.63) is 39.0 Å². The van der Waals surface area contributed by atoms with Gasteiger partial charge in [0.25, 0.3) is 0 Å². The molecule has 0 bridgehead atoms. The maximum Gasteiger partial charge on any atom is 0.342 e. The lowest BCUT2D eigenvalue weighted by Crippen LogP contribution is -2.21. The molecule has 7 heteroatoms. The zero-order chi connectivity index (χ0) is 19.3. The standard InChI is InChI=1S/C19H21IO6/c1-11-7-8-14(20)18(23)15(21)6-4-3-5-12-9-13(25-2)10-16(22)17(12)19(24)26-11/h3,5,8-11,15,21-22H,4,6-7H2,1-2H3/b5-3+,14-8+/t11-,15-/m0/s1. The van der Waals surface area contributed by atoms with E-state index in [1.807, 2.05) is 22.6 Å². The molecule has 0 unspecified atom stereocenters. The molecule has 26 heavy (non-hydrogen) atoms. The van der Waals surface area contributed by atoms with Gasteiger partial charge in [-0.05, 0) is 54.0 Å². The van der Waals surface area contributed by atoms with Gasteiger partial charge in [-0.3, -0.25) is 4.79 Å². The number of methoxy groups -OCH3 is 1. The Balaban J connectivity index is 2.43. The number of fused-ring (bicyclic) bond motifs is 1. The minimum absolute atomic E-state index is 0.0567. The van der Waals surface area contributed by atoms with Crippen molar-refractivity contribution in [1.29, 1.82) is 0 Å². The molecule has 0 saturated heterocycles. The van der Waals surface area contributed by atoms with E-state index >= 15 is 0 Å². The van der Waals surface area contributed by atoms with E-state index in [1.54, 1.807) is 31.2 Å². The number of ether oxygens (including phenoxy) is 2. The highest BCUT2D eigenvalue weighted by Crippen LogP contribution is 2.30. The van der Waals surface area contributed by atoms with Crippen LogP contribution in [0.2, 0.25) is 0 Å². The smallest absolute Gasteiger partial charge is 0.342 e. The average molecular weight is 472 g/mol. The molecule has 0 amide bonds. The molecule has 1 aromatic rings. The number of carbonyl (C=O) groups excluding carboxylic acids is 2. The van der Waals surface area contributed by atoms with Crippen molar-refractivity contribution in [3.63, 3.8) is 0 Å². The molecule has 1 heterocycles. The maximum atomic E-state index is 12.5. The third kappa shape index (κ3) is 5.07. The zero-order valence-corrected chi connectivity index (χ0v) is 16.7. The van der Waals surface area contributed by atoms with Gasteiger partial charge in [0.2, 0.25) is 0 Å². The largest absolute Gasteiger partial charge is 0.507 e. The lowest BCUT2D eigenvalue weighted by Gasteiger charge is -2.16. The van der Waals surface area contributed by atoms with E-state index in [0.717, 1.165) is 0 Å². The van der Waals surface area contributed by atoms with Crippen molar-refractivity contribution in [3.8, 4) is 11.5 Å². The summed E-state index contributed by atoms with van der Waals surface area (Å²) < 4.78 is 10.9. The quantitative estimate of drug-likeness (QED) is 0.481. The van der Waals surface area contributed by atoms with Crippen molar-refractivity contribution in [2.75, 3.05) is 7.11 Å². The number of halogens is 1. The van der Waals surface area contributed by atoms with Crippen LogP contribution in [0.15, 0.2) is 27.9 Å². The van der Waals surface area contributed by atoms with Gasteiger partial charge in [-0.15, -0.1) is 0 Å². The van der Waals surface area contributed by atoms with Crippen molar-refractivity contribution >= 4 is 40.4 Å². The van der Waals surface area contributed by atoms with E-state index in [0.29, 0.717) is 27.7 Å². The summed E-state index contributed by atoms with van der Waals surface area (Å²) in [5.41, 5.74) is 0.503. The monoisotopic (exact) mass is 472 g/mol. The number of rotatable bonds is 1. The van der Waals surface area contributed by atoms with Gasteiger partial charge in [-0.25, -0.2) is 4.79 Å². The van der Waals surface area contributed by atoms with E-state index in [4.69, 9.17) is 9.47 Å². The molecule has 0 radical (unpaired) electrons. The molecular weight excluding hydrogens is 451 g/mol. The first kappa shape index (κ1) is 20.4. The van der Waals surface area contributed by atoms with Crippen LogP contribution in [0.5, 0.6) is 11.5 Å². The summed E-state index contributed by atoms with van der Waals surface area (Å²) in [6.07, 6.45) is 4.45. The van der Waals surface area contributed by atoms with Crippen LogP contribution in [0.4, 0.5) is 0 Å². The number of esters is 1. The van der Waals surface area contributed by atoms with Crippen molar-refractivity contribution in [2.24, 2.45) is 0 Å². The van der Waals surface area contributed by atoms with Crippen LogP contribution in [-0.2, 0) is 9.53 Å². The first-order valence-electron chi connectivity index (χ1n) is 8.20. The van der Waals surface area contributed by atoms with E-state index in [9.17, 15) is 19.8 Å². The Kier molecular flexibility index (Phi) is 7.22. The predicted molar refractivity (Wildman–Crippen MR) is 106 cm³/mol. The third-order valence-corrected chi connectivity index (χ3v) is 4.91. The van der Waals surface area contributed by atoms with E-state index < -0.39 is 18.2 Å². The summed E-state index contributed by atoms with van der Waals surface area (Å²) in [5.74, 6) is -0.812. The predicted octanol–water partition coefficient (Wildman–Crippen LogP) is 3.39. The lowest BCUT2D eigenvalue weighted by atomic mass is 10.0. The number of ketones is 1. The minimum Gasteiger partial charge on any atom is -0.507 e. The van der Waals surface area contributed by atoms with Crippen LogP contribution in [0.3, 0.4) is 0 Å². The maximum absolute atomic E-state index is 12.5. The molecule has 0 aromatic heterocycles. The summed E-state index contributed by atoms with van der Waals surface area (Å²) in [7, 11) is 1.46. The Bertz CT molecular complexity index is 753. The first-order valence-corrected chi connectivity index (χ1v) is 9.27. The van der Waals surface area contributed by atoms with E-state index in [1.165, 1.54) is 13.2 Å². The number of phenolic OH excluding ortho intramolecular Hbond substituents is 1. The van der Waals surface area contributed by atoms with Crippen LogP contribution < -0.4 is 4.74 Å². The number of allylic oxidation sites excluding steroid dienone is 1. The van der Waals surface area contributed by atoms with Gasteiger partial charge >= 0.3 is 5.97 Å². The molecule has 0 saturated carbocycles. The molecule has 0 spiro atoms. The minimum atomic E-state index is -1.08. The number of hydrogen-bond donors (Lipinski definition) is 2. The van der Waals surface area contributed by atoms with E-state index in [-0.39, 0.29) is 23.5 Å². The fraction of sp³-hybridized carbons (Fsp3) is 0.368. The molecule has 140 valence electrons. The molecule has 2 rings (SSSR count). The summed E-state index contributed by atoms with van der Waals surface area (Å²) in [4.78, 5) is 24.6. The highest BCUT2D eigenvalue weighted by Gasteiger charge is 2.22. The normalized spacial score (nSPS) is 25.3. The lowest BCUT2D eigenvalue weighted by molar-refractivity contribution is -0.122. The Labute approximate surface area is 165 Å².